The molecule has 2 N–H and O–H groups in total. The Morgan fingerprint density at radius 2 is 2.38 bits per heavy atom. The molecule has 0 amide bonds. The van der Waals surface area contributed by atoms with E-state index in [-0.39, 0.29) is 6.10 Å². The third-order valence-corrected chi connectivity index (χ3v) is 2.75. The van der Waals surface area contributed by atoms with Gasteiger partial charge in [0.25, 0.3) is 0 Å². The molecule has 1 aromatic heterocycles. The number of aromatic nitrogens is 2. The first kappa shape index (κ1) is 11.3. The molecule has 2 rings (SSSR count). The second-order valence-electron chi connectivity index (χ2n) is 4.09. The monoisotopic (exact) mass is 222 g/mol. The summed E-state index contributed by atoms with van der Waals surface area (Å²) in [6.45, 7) is 6.85. The van der Waals surface area contributed by atoms with Crippen LogP contribution in [0.5, 0.6) is 0 Å². The van der Waals surface area contributed by atoms with E-state index in [1.807, 2.05) is 13.8 Å². The van der Waals surface area contributed by atoms with Crippen LogP contribution in [0.1, 0.15) is 11.4 Å². The lowest BCUT2D eigenvalue weighted by atomic mass is 10.2. The summed E-state index contributed by atoms with van der Waals surface area (Å²) >= 11 is 0. The van der Waals surface area contributed by atoms with Gasteiger partial charge in [0, 0.05) is 25.8 Å². The summed E-state index contributed by atoms with van der Waals surface area (Å²) in [4.78, 5) is 11.1. The lowest BCUT2D eigenvalue weighted by Crippen LogP contribution is -2.46. The summed E-state index contributed by atoms with van der Waals surface area (Å²) in [5.74, 6) is 0.960. The molecule has 1 fully saturated rings. The molecule has 0 radical (unpaired) electrons. The Balaban J connectivity index is 2.19. The number of ether oxygens (including phenoxy) is 1. The second kappa shape index (κ2) is 4.76. The van der Waals surface area contributed by atoms with Gasteiger partial charge in [-0.3, -0.25) is 4.98 Å². The van der Waals surface area contributed by atoms with Crippen LogP contribution in [0.2, 0.25) is 0 Å². The van der Waals surface area contributed by atoms with Crippen molar-refractivity contribution in [2.75, 3.05) is 31.1 Å². The number of rotatable bonds is 2. The molecule has 88 valence electrons. The molecular formula is C11H18N4O. The summed E-state index contributed by atoms with van der Waals surface area (Å²) in [7, 11) is 0. The first-order chi connectivity index (χ1) is 7.70. The molecule has 0 aromatic carbocycles. The molecule has 1 atom stereocenters. The second-order valence-corrected chi connectivity index (χ2v) is 4.09. The first-order valence-electron chi connectivity index (χ1n) is 5.57. The average Bonchev–Trinajstić information content (AvgIpc) is 2.32. The molecule has 2 heterocycles. The Hall–Kier alpha value is -1.20. The smallest absolute Gasteiger partial charge is 0.150 e. The van der Waals surface area contributed by atoms with E-state index in [0.29, 0.717) is 13.2 Å². The van der Waals surface area contributed by atoms with E-state index >= 15 is 0 Å². The van der Waals surface area contributed by atoms with Gasteiger partial charge in [-0.15, -0.1) is 0 Å². The normalized spacial score (nSPS) is 21.2. The van der Waals surface area contributed by atoms with E-state index in [1.54, 1.807) is 6.20 Å². The maximum atomic E-state index is 5.62. The van der Waals surface area contributed by atoms with E-state index in [1.165, 1.54) is 0 Å². The summed E-state index contributed by atoms with van der Waals surface area (Å²) in [5.41, 5.74) is 7.53. The van der Waals surface area contributed by atoms with Crippen molar-refractivity contribution < 1.29 is 4.74 Å². The van der Waals surface area contributed by atoms with Crippen LogP contribution in [0.15, 0.2) is 6.20 Å². The van der Waals surface area contributed by atoms with Crippen LogP contribution in [0.25, 0.3) is 0 Å². The highest BCUT2D eigenvalue weighted by Gasteiger charge is 2.21. The van der Waals surface area contributed by atoms with Gasteiger partial charge in [-0.2, -0.15) is 0 Å². The molecule has 1 aromatic rings. The highest BCUT2D eigenvalue weighted by molar-refractivity contribution is 5.43. The van der Waals surface area contributed by atoms with Crippen LogP contribution >= 0.6 is 0 Å². The number of hydrogen-bond donors (Lipinski definition) is 1. The number of nitrogens with zero attached hydrogens (tertiary/aromatic N) is 3. The van der Waals surface area contributed by atoms with Crippen molar-refractivity contribution in [3.63, 3.8) is 0 Å². The van der Waals surface area contributed by atoms with Crippen molar-refractivity contribution in [1.82, 2.24) is 9.97 Å². The minimum absolute atomic E-state index is 0.107. The summed E-state index contributed by atoms with van der Waals surface area (Å²) < 4.78 is 5.53. The predicted molar refractivity (Wildman–Crippen MR) is 62.5 cm³/mol. The van der Waals surface area contributed by atoms with Crippen LogP contribution in [0.3, 0.4) is 0 Å². The zero-order chi connectivity index (χ0) is 11.5. The van der Waals surface area contributed by atoms with Gasteiger partial charge < -0.3 is 15.4 Å². The van der Waals surface area contributed by atoms with Crippen molar-refractivity contribution in [3.8, 4) is 0 Å². The first-order valence-corrected chi connectivity index (χ1v) is 5.57. The van der Waals surface area contributed by atoms with Gasteiger partial charge >= 0.3 is 0 Å². The predicted octanol–water partition coefficient (Wildman–Crippen LogP) is 0.257. The van der Waals surface area contributed by atoms with Crippen molar-refractivity contribution in [2.45, 2.75) is 20.0 Å². The van der Waals surface area contributed by atoms with E-state index in [2.05, 4.69) is 14.9 Å². The summed E-state index contributed by atoms with van der Waals surface area (Å²) in [6, 6.07) is 0. The van der Waals surface area contributed by atoms with Crippen LogP contribution in [-0.4, -0.2) is 42.3 Å². The number of aryl methyl sites for hydroxylation is 2. The van der Waals surface area contributed by atoms with Crippen molar-refractivity contribution in [2.24, 2.45) is 5.73 Å². The average molecular weight is 222 g/mol. The number of nitrogens with two attached hydrogens (primary N) is 1. The summed E-state index contributed by atoms with van der Waals surface area (Å²) in [6.07, 6.45) is 1.90. The molecule has 1 aliphatic heterocycles. The molecule has 0 aliphatic carbocycles. The van der Waals surface area contributed by atoms with Crippen molar-refractivity contribution in [1.29, 1.82) is 0 Å². The Kier molecular flexibility index (Phi) is 3.36. The van der Waals surface area contributed by atoms with Gasteiger partial charge in [0.05, 0.1) is 24.1 Å². The topological polar surface area (TPSA) is 64.3 Å². The maximum absolute atomic E-state index is 5.62. The Labute approximate surface area is 95.6 Å². The molecule has 16 heavy (non-hydrogen) atoms. The van der Waals surface area contributed by atoms with Gasteiger partial charge in [0.2, 0.25) is 0 Å². The molecule has 5 nitrogen and oxygen atoms in total. The molecular weight excluding hydrogens is 204 g/mol. The zero-order valence-corrected chi connectivity index (χ0v) is 9.81. The van der Waals surface area contributed by atoms with Gasteiger partial charge in [0.15, 0.2) is 5.82 Å². The Bertz CT molecular complexity index is 369. The SMILES string of the molecule is Cc1cnc(C)c(N2CCOC(CN)C2)n1. The molecule has 5 heteroatoms. The molecule has 1 aliphatic rings. The van der Waals surface area contributed by atoms with Crippen LogP contribution in [0, 0.1) is 13.8 Å². The third kappa shape index (κ3) is 2.31. The lowest BCUT2D eigenvalue weighted by Gasteiger charge is -2.33. The fourth-order valence-electron chi connectivity index (χ4n) is 1.88. The zero-order valence-electron chi connectivity index (χ0n) is 9.81. The summed E-state index contributed by atoms with van der Waals surface area (Å²) in [5, 5.41) is 0. The molecule has 0 saturated carbocycles. The minimum atomic E-state index is 0.107. The minimum Gasteiger partial charge on any atom is -0.373 e. The van der Waals surface area contributed by atoms with Crippen molar-refractivity contribution in [3.05, 3.63) is 17.6 Å². The van der Waals surface area contributed by atoms with Gasteiger partial charge in [0.1, 0.15) is 0 Å². The Morgan fingerprint density at radius 1 is 1.56 bits per heavy atom. The maximum Gasteiger partial charge on any atom is 0.150 e. The number of hydrogen-bond acceptors (Lipinski definition) is 5. The largest absolute Gasteiger partial charge is 0.373 e. The fourth-order valence-corrected chi connectivity index (χ4v) is 1.88. The fraction of sp³-hybridized carbons (Fsp3) is 0.636. The van der Waals surface area contributed by atoms with Gasteiger partial charge in [-0.25, -0.2) is 4.98 Å². The van der Waals surface area contributed by atoms with E-state index in [4.69, 9.17) is 10.5 Å². The molecule has 1 saturated heterocycles. The molecule has 0 spiro atoms. The molecule has 1 unspecified atom stereocenters. The van der Waals surface area contributed by atoms with E-state index in [0.717, 1.165) is 30.3 Å². The van der Waals surface area contributed by atoms with Crippen LogP contribution in [0.4, 0.5) is 5.82 Å². The number of anilines is 1. The number of morpholine rings is 1. The highest BCUT2D eigenvalue weighted by Crippen LogP contribution is 2.18. The standard InChI is InChI=1S/C11H18N4O/c1-8-6-13-9(2)11(14-8)15-3-4-16-10(5-12)7-15/h6,10H,3-5,7,12H2,1-2H3. The highest BCUT2D eigenvalue weighted by atomic mass is 16.5. The van der Waals surface area contributed by atoms with Gasteiger partial charge in [-0.05, 0) is 13.8 Å². The van der Waals surface area contributed by atoms with E-state index < -0.39 is 0 Å². The quantitative estimate of drug-likeness (QED) is 0.777. The van der Waals surface area contributed by atoms with Crippen molar-refractivity contribution >= 4 is 5.82 Å². The van der Waals surface area contributed by atoms with Crippen LogP contribution in [-0.2, 0) is 4.74 Å². The lowest BCUT2D eigenvalue weighted by molar-refractivity contribution is 0.0462. The Morgan fingerprint density at radius 3 is 3.12 bits per heavy atom. The van der Waals surface area contributed by atoms with E-state index in [9.17, 15) is 0 Å². The molecule has 0 bridgehead atoms. The third-order valence-electron chi connectivity index (χ3n) is 2.75. The van der Waals surface area contributed by atoms with Gasteiger partial charge in [-0.1, -0.05) is 0 Å². The van der Waals surface area contributed by atoms with Crippen LogP contribution < -0.4 is 10.6 Å².